The molecule has 32 heavy (non-hydrogen) atoms. The van der Waals surface area contributed by atoms with E-state index in [-0.39, 0.29) is 26.2 Å². The number of carbonyl (C=O) groups is 5. The number of carboxylic acid groups (broad SMARTS) is 5. The molecule has 0 radical (unpaired) electrons. The Balaban J connectivity index is 0.00000220. The van der Waals surface area contributed by atoms with E-state index in [4.69, 9.17) is 30.3 Å². The van der Waals surface area contributed by atoms with Crippen molar-refractivity contribution in [2.24, 2.45) is 0 Å². The molecule has 184 valence electrons. The SMILES string of the molecule is CC(=O)O.O=C(O)CN1CCN(CC(=O)O)CCN(CC(=O)O)CCN(CC(=O)O)CC1. The fraction of sp³-hybridized carbons (Fsp3) is 0.722. The van der Waals surface area contributed by atoms with Crippen molar-refractivity contribution in [2.45, 2.75) is 6.92 Å². The molecule has 0 aromatic rings. The first-order valence-electron chi connectivity index (χ1n) is 9.85. The second-order valence-corrected chi connectivity index (χ2v) is 7.20. The van der Waals surface area contributed by atoms with Crippen molar-refractivity contribution in [3.8, 4) is 0 Å². The average Bonchev–Trinajstić information content (AvgIpc) is 2.61. The molecule has 0 unspecified atom stereocenters. The van der Waals surface area contributed by atoms with Crippen molar-refractivity contribution in [3.05, 3.63) is 0 Å². The third kappa shape index (κ3) is 16.9. The predicted molar refractivity (Wildman–Crippen MR) is 110 cm³/mol. The van der Waals surface area contributed by atoms with Crippen molar-refractivity contribution in [1.29, 1.82) is 0 Å². The zero-order valence-electron chi connectivity index (χ0n) is 18.1. The van der Waals surface area contributed by atoms with Crippen LogP contribution in [0.1, 0.15) is 6.92 Å². The Morgan fingerprint density at radius 3 is 0.688 bits per heavy atom. The maximum atomic E-state index is 11.1. The summed E-state index contributed by atoms with van der Waals surface area (Å²) in [5.74, 6) is -4.91. The lowest BCUT2D eigenvalue weighted by atomic mass is 10.3. The second kappa shape index (κ2) is 15.9. The molecule has 0 aromatic heterocycles. The molecule has 0 atom stereocenters. The van der Waals surface area contributed by atoms with Crippen molar-refractivity contribution >= 4 is 29.8 Å². The minimum absolute atomic E-state index is 0.229. The Bertz CT molecular complexity index is 529. The molecule has 1 rings (SSSR count). The maximum Gasteiger partial charge on any atom is 0.317 e. The van der Waals surface area contributed by atoms with Crippen LogP contribution in [0, 0.1) is 0 Å². The molecule has 1 fully saturated rings. The summed E-state index contributed by atoms with van der Waals surface area (Å²) in [6, 6.07) is 0. The zero-order chi connectivity index (χ0) is 24.7. The largest absolute Gasteiger partial charge is 0.481 e. The molecule has 14 heteroatoms. The minimum atomic E-state index is -1.02. The Labute approximate surface area is 185 Å². The van der Waals surface area contributed by atoms with Crippen LogP contribution in [0.25, 0.3) is 0 Å². The first kappa shape index (κ1) is 29.2. The van der Waals surface area contributed by atoms with Gasteiger partial charge in [0.2, 0.25) is 0 Å². The van der Waals surface area contributed by atoms with Gasteiger partial charge in [-0.1, -0.05) is 0 Å². The van der Waals surface area contributed by atoms with E-state index in [2.05, 4.69) is 0 Å². The standard InChI is InChI=1S/C16H28N4O8.C2H4O2/c21-13(22)9-17-1-2-18(10-14(23)24)5-6-20(12-16(27)28)8-7-19(4-3-17)11-15(25)26;1-2(3)4/h1-12H2,(H,21,22)(H,23,24)(H,25,26)(H,27,28);1H3,(H,3,4). The highest BCUT2D eigenvalue weighted by Crippen LogP contribution is 2.01. The summed E-state index contributed by atoms with van der Waals surface area (Å²) < 4.78 is 0. The quantitative estimate of drug-likeness (QED) is 0.255. The number of hydrogen-bond donors (Lipinski definition) is 5. The molecule has 14 nitrogen and oxygen atoms in total. The first-order valence-corrected chi connectivity index (χ1v) is 9.85. The highest BCUT2D eigenvalue weighted by atomic mass is 16.4. The lowest BCUT2D eigenvalue weighted by Crippen LogP contribution is -2.49. The number of aliphatic carboxylic acids is 5. The van der Waals surface area contributed by atoms with Crippen molar-refractivity contribution < 1.29 is 49.5 Å². The van der Waals surface area contributed by atoms with E-state index in [9.17, 15) is 19.2 Å². The molecule has 1 aliphatic heterocycles. The molecule has 0 bridgehead atoms. The Morgan fingerprint density at radius 2 is 0.594 bits per heavy atom. The van der Waals surface area contributed by atoms with E-state index < -0.39 is 29.8 Å². The van der Waals surface area contributed by atoms with Gasteiger partial charge in [-0.25, -0.2) is 0 Å². The summed E-state index contributed by atoms with van der Waals surface area (Å²) in [5.41, 5.74) is 0. The van der Waals surface area contributed by atoms with Gasteiger partial charge in [0.1, 0.15) is 0 Å². The monoisotopic (exact) mass is 464 g/mol. The third-order valence-corrected chi connectivity index (χ3v) is 4.37. The first-order chi connectivity index (χ1) is 14.9. The Morgan fingerprint density at radius 1 is 0.469 bits per heavy atom. The van der Waals surface area contributed by atoms with Crippen LogP contribution in [-0.2, 0) is 24.0 Å². The molecule has 1 heterocycles. The van der Waals surface area contributed by atoms with E-state index in [1.54, 1.807) is 19.6 Å². The molecule has 0 saturated carbocycles. The van der Waals surface area contributed by atoms with Crippen LogP contribution in [0.2, 0.25) is 0 Å². The van der Waals surface area contributed by atoms with E-state index in [1.165, 1.54) is 0 Å². The van der Waals surface area contributed by atoms with Gasteiger partial charge in [0.05, 0.1) is 26.2 Å². The summed E-state index contributed by atoms with van der Waals surface area (Å²) in [5, 5.41) is 43.7. The van der Waals surface area contributed by atoms with Crippen LogP contribution in [-0.4, -0.2) is 154 Å². The maximum absolute atomic E-state index is 11.1. The summed E-state index contributed by atoms with van der Waals surface area (Å²) in [4.78, 5) is 59.9. The predicted octanol–water partition coefficient (Wildman–Crippen LogP) is -2.36. The van der Waals surface area contributed by atoms with E-state index in [1.807, 2.05) is 0 Å². The number of nitrogens with zero attached hydrogens (tertiary/aromatic N) is 4. The van der Waals surface area contributed by atoms with Gasteiger partial charge in [-0.15, -0.1) is 0 Å². The molecular formula is C18H32N4O10. The molecule has 0 aliphatic carbocycles. The van der Waals surface area contributed by atoms with Gasteiger partial charge in [0.15, 0.2) is 0 Å². The summed E-state index contributed by atoms with van der Waals surface area (Å²) >= 11 is 0. The zero-order valence-corrected chi connectivity index (χ0v) is 18.1. The molecule has 1 aliphatic rings. The van der Waals surface area contributed by atoms with E-state index in [0.29, 0.717) is 52.4 Å². The van der Waals surface area contributed by atoms with Crippen LogP contribution in [0.5, 0.6) is 0 Å². The molecule has 1 saturated heterocycles. The average molecular weight is 464 g/mol. The van der Waals surface area contributed by atoms with Gasteiger partial charge in [-0.05, 0) is 0 Å². The summed E-state index contributed by atoms with van der Waals surface area (Å²) in [6.07, 6.45) is 0. The Hall–Kier alpha value is -2.81. The Kier molecular flexibility index (Phi) is 14.5. The van der Waals surface area contributed by atoms with Gasteiger partial charge in [0, 0.05) is 59.3 Å². The normalized spacial score (nSPS) is 17.8. The molecule has 0 spiro atoms. The highest BCUT2D eigenvalue weighted by molar-refractivity contribution is 5.70. The van der Waals surface area contributed by atoms with E-state index >= 15 is 0 Å². The highest BCUT2D eigenvalue weighted by Gasteiger charge is 2.20. The van der Waals surface area contributed by atoms with Gasteiger partial charge >= 0.3 is 23.9 Å². The lowest BCUT2D eigenvalue weighted by molar-refractivity contribution is -0.141. The number of hydrogen-bond acceptors (Lipinski definition) is 9. The molecule has 5 N–H and O–H groups in total. The molecule has 0 amide bonds. The van der Waals surface area contributed by atoms with Gasteiger partial charge in [-0.2, -0.15) is 0 Å². The fourth-order valence-electron chi connectivity index (χ4n) is 2.98. The smallest absolute Gasteiger partial charge is 0.317 e. The number of rotatable bonds is 8. The van der Waals surface area contributed by atoms with Gasteiger partial charge in [0.25, 0.3) is 5.97 Å². The van der Waals surface area contributed by atoms with Gasteiger partial charge in [-0.3, -0.25) is 43.6 Å². The number of carboxylic acids is 5. The van der Waals surface area contributed by atoms with Crippen LogP contribution in [0.4, 0.5) is 0 Å². The van der Waals surface area contributed by atoms with Crippen molar-refractivity contribution in [2.75, 3.05) is 78.5 Å². The van der Waals surface area contributed by atoms with Crippen molar-refractivity contribution in [1.82, 2.24) is 19.6 Å². The van der Waals surface area contributed by atoms with Crippen LogP contribution in [0.3, 0.4) is 0 Å². The molecular weight excluding hydrogens is 432 g/mol. The topological polar surface area (TPSA) is 199 Å². The lowest BCUT2D eigenvalue weighted by Gasteiger charge is -2.32. The third-order valence-electron chi connectivity index (χ3n) is 4.37. The summed E-state index contributed by atoms with van der Waals surface area (Å²) in [7, 11) is 0. The summed E-state index contributed by atoms with van der Waals surface area (Å²) in [6.45, 7) is 2.61. The second-order valence-electron chi connectivity index (χ2n) is 7.20. The minimum Gasteiger partial charge on any atom is -0.481 e. The van der Waals surface area contributed by atoms with Crippen LogP contribution < -0.4 is 0 Å². The van der Waals surface area contributed by atoms with E-state index in [0.717, 1.165) is 6.92 Å². The van der Waals surface area contributed by atoms with Crippen LogP contribution >= 0.6 is 0 Å². The molecule has 0 aromatic carbocycles. The fourth-order valence-corrected chi connectivity index (χ4v) is 2.98. The van der Waals surface area contributed by atoms with Gasteiger partial charge < -0.3 is 25.5 Å². The van der Waals surface area contributed by atoms with Crippen LogP contribution in [0.15, 0.2) is 0 Å². The van der Waals surface area contributed by atoms with Crippen molar-refractivity contribution in [3.63, 3.8) is 0 Å².